The van der Waals surface area contributed by atoms with Gasteiger partial charge in [-0.1, -0.05) is 18.2 Å². The van der Waals surface area contributed by atoms with Crippen molar-refractivity contribution in [3.63, 3.8) is 0 Å². The van der Waals surface area contributed by atoms with Crippen LogP contribution in [0.1, 0.15) is 11.6 Å². The van der Waals surface area contributed by atoms with E-state index < -0.39 is 6.04 Å². The number of carbonyl (C=O) groups excluding carboxylic acids is 2. The molecule has 0 bridgehead atoms. The fourth-order valence-corrected chi connectivity index (χ4v) is 3.10. The first-order chi connectivity index (χ1) is 11.6. The van der Waals surface area contributed by atoms with Gasteiger partial charge in [0, 0.05) is 12.1 Å². The lowest BCUT2D eigenvalue weighted by molar-refractivity contribution is -0.125. The smallest absolute Gasteiger partial charge is 0.319 e. The van der Waals surface area contributed by atoms with Crippen molar-refractivity contribution >= 4 is 11.9 Å². The van der Waals surface area contributed by atoms with Crippen LogP contribution in [-0.4, -0.2) is 44.1 Å². The summed E-state index contributed by atoms with van der Waals surface area (Å²) < 4.78 is 10.8. The molecule has 7 nitrogen and oxygen atoms in total. The predicted molar refractivity (Wildman–Crippen MR) is 87.8 cm³/mol. The summed E-state index contributed by atoms with van der Waals surface area (Å²) in [4.78, 5) is 26.4. The van der Waals surface area contributed by atoms with Gasteiger partial charge in [-0.15, -0.1) is 6.58 Å². The number of para-hydroxylation sites is 1. The second-order valence-electron chi connectivity index (χ2n) is 5.48. The molecule has 0 radical (unpaired) electrons. The molecule has 2 heterocycles. The Bertz CT molecular complexity index is 741. The van der Waals surface area contributed by atoms with Gasteiger partial charge in [0.1, 0.15) is 0 Å². The van der Waals surface area contributed by atoms with E-state index in [0.717, 1.165) is 0 Å². The van der Waals surface area contributed by atoms with Crippen molar-refractivity contribution in [1.82, 2.24) is 15.5 Å². The van der Waals surface area contributed by atoms with Crippen LogP contribution in [0.3, 0.4) is 0 Å². The van der Waals surface area contributed by atoms with Crippen LogP contribution < -0.4 is 20.1 Å². The molecule has 0 unspecified atom stereocenters. The molecule has 7 heteroatoms. The second-order valence-corrected chi connectivity index (χ2v) is 5.48. The number of carbonyl (C=O) groups is 2. The number of rotatable bonds is 5. The first-order valence-electron chi connectivity index (χ1n) is 7.52. The summed E-state index contributed by atoms with van der Waals surface area (Å²) in [5, 5.41) is 5.53. The number of methoxy groups -OCH3 is 2. The van der Waals surface area contributed by atoms with Gasteiger partial charge in [0.05, 0.1) is 38.1 Å². The van der Waals surface area contributed by atoms with Crippen molar-refractivity contribution in [2.24, 2.45) is 0 Å². The van der Waals surface area contributed by atoms with Gasteiger partial charge in [-0.25, -0.2) is 4.79 Å². The Labute approximate surface area is 139 Å². The van der Waals surface area contributed by atoms with E-state index in [9.17, 15) is 9.59 Å². The number of amides is 3. The van der Waals surface area contributed by atoms with Gasteiger partial charge in [0.25, 0.3) is 5.91 Å². The summed E-state index contributed by atoms with van der Waals surface area (Å²) in [6, 6.07) is 4.43. The Morgan fingerprint density at radius 3 is 2.79 bits per heavy atom. The molecule has 3 rings (SSSR count). The Kier molecular flexibility index (Phi) is 4.16. The number of nitrogens with one attached hydrogen (secondary N) is 2. The number of nitrogens with zero attached hydrogens (tertiary/aromatic N) is 1. The molecule has 0 saturated carbocycles. The summed E-state index contributed by atoms with van der Waals surface area (Å²) in [6.45, 7) is 4.44. The molecule has 1 aromatic rings. The molecule has 2 aliphatic heterocycles. The minimum Gasteiger partial charge on any atom is -0.493 e. The van der Waals surface area contributed by atoms with Crippen molar-refractivity contribution in [2.45, 2.75) is 6.04 Å². The van der Waals surface area contributed by atoms with Gasteiger partial charge in [0.2, 0.25) is 0 Å². The van der Waals surface area contributed by atoms with Crippen molar-refractivity contribution < 1.29 is 19.1 Å². The molecule has 3 amide bonds. The molecule has 0 saturated heterocycles. The Hall–Kier alpha value is -2.96. The molecule has 126 valence electrons. The zero-order valence-electron chi connectivity index (χ0n) is 13.6. The monoisotopic (exact) mass is 329 g/mol. The number of ether oxygens (including phenoxy) is 2. The largest absolute Gasteiger partial charge is 0.493 e. The summed E-state index contributed by atoms with van der Waals surface area (Å²) in [5.74, 6) is 0.902. The maximum Gasteiger partial charge on any atom is 0.319 e. The zero-order valence-corrected chi connectivity index (χ0v) is 13.6. The SMILES string of the molecule is C=CCN1CC2=C(C1=O)[C@@H](c1cccc(OC)c1OC)NC(=O)N2. The van der Waals surface area contributed by atoms with Crippen LogP contribution in [0.2, 0.25) is 0 Å². The molecular formula is C17H19N3O4. The molecule has 0 fully saturated rings. The van der Waals surface area contributed by atoms with Crippen LogP contribution >= 0.6 is 0 Å². The van der Waals surface area contributed by atoms with Gasteiger partial charge in [-0.3, -0.25) is 4.79 Å². The van der Waals surface area contributed by atoms with E-state index in [-0.39, 0.29) is 11.9 Å². The van der Waals surface area contributed by atoms with Crippen molar-refractivity contribution in [2.75, 3.05) is 27.3 Å². The lowest BCUT2D eigenvalue weighted by Crippen LogP contribution is -2.44. The average Bonchev–Trinajstić information content (AvgIpc) is 2.89. The highest BCUT2D eigenvalue weighted by Crippen LogP contribution is 2.40. The number of urea groups is 1. The van der Waals surface area contributed by atoms with Gasteiger partial charge in [0.15, 0.2) is 11.5 Å². The normalized spacial score (nSPS) is 19.6. The number of benzene rings is 1. The minimum absolute atomic E-state index is 0.132. The predicted octanol–water partition coefficient (Wildman–Crippen LogP) is 1.34. The first-order valence-corrected chi connectivity index (χ1v) is 7.52. The molecule has 1 aromatic carbocycles. The van der Waals surface area contributed by atoms with E-state index in [1.54, 1.807) is 30.2 Å². The van der Waals surface area contributed by atoms with Gasteiger partial charge >= 0.3 is 6.03 Å². The fourth-order valence-electron chi connectivity index (χ4n) is 3.10. The number of hydrogen-bond donors (Lipinski definition) is 2. The Balaban J connectivity index is 2.07. The lowest BCUT2D eigenvalue weighted by Gasteiger charge is -2.27. The highest BCUT2D eigenvalue weighted by atomic mass is 16.5. The van der Waals surface area contributed by atoms with Crippen molar-refractivity contribution in [3.05, 3.63) is 47.7 Å². The van der Waals surface area contributed by atoms with E-state index in [0.29, 0.717) is 41.4 Å². The van der Waals surface area contributed by atoms with Crippen LogP contribution in [0.4, 0.5) is 4.79 Å². The summed E-state index contributed by atoms with van der Waals surface area (Å²) in [5.41, 5.74) is 1.80. The molecule has 2 N–H and O–H groups in total. The summed E-state index contributed by atoms with van der Waals surface area (Å²) >= 11 is 0. The van der Waals surface area contributed by atoms with Crippen LogP contribution in [0.25, 0.3) is 0 Å². The minimum atomic E-state index is -0.596. The van der Waals surface area contributed by atoms with Crippen LogP contribution in [0.15, 0.2) is 42.1 Å². The van der Waals surface area contributed by atoms with E-state index >= 15 is 0 Å². The molecule has 1 atom stereocenters. The topological polar surface area (TPSA) is 79.9 Å². The maximum atomic E-state index is 12.7. The van der Waals surface area contributed by atoms with E-state index in [4.69, 9.17) is 9.47 Å². The highest BCUT2D eigenvalue weighted by molar-refractivity contribution is 6.01. The van der Waals surface area contributed by atoms with E-state index in [1.807, 2.05) is 6.07 Å². The third-order valence-electron chi connectivity index (χ3n) is 4.11. The molecule has 0 spiro atoms. The zero-order chi connectivity index (χ0) is 17.3. The quantitative estimate of drug-likeness (QED) is 0.799. The highest BCUT2D eigenvalue weighted by Gasteiger charge is 2.41. The standard InChI is InChI=1S/C17H19N3O4/c1-4-8-20-9-11-13(16(20)21)14(19-17(22)18-11)10-6-5-7-12(23-2)15(10)24-3/h4-7,14H,1,8-9H2,2-3H3,(H2,18,19,22)/t14-/m1/s1. The van der Waals surface area contributed by atoms with Gasteiger partial charge in [-0.05, 0) is 6.07 Å². The van der Waals surface area contributed by atoms with Gasteiger partial charge < -0.3 is 25.0 Å². The van der Waals surface area contributed by atoms with Crippen LogP contribution in [0, 0.1) is 0 Å². The molecule has 24 heavy (non-hydrogen) atoms. The third kappa shape index (κ3) is 2.47. The van der Waals surface area contributed by atoms with Crippen LogP contribution in [-0.2, 0) is 4.79 Å². The Morgan fingerprint density at radius 2 is 2.12 bits per heavy atom. The van der Waals surface area contributed by atoms with Crippen molar-refractivity contribution in [3.8, 4) is 11.5 Å². The molecule has 0 aliphatic carbocycles. The number of hydrogen-bond acceptors (Lipinski definition) is 4. The maximum absolute atomic E-state index is 12.7. The molecule has 2 aliphatic rings. The Morgan fingerprint density at radius 1 is 1.33 bits per heavy atom. The summed E-state index contributed by atoms with van der Waals surface area (Å²) in [6.07, 6.45) is 1.66. The van der Waals surface area contributed by atoms with E-state index in [2.05, 4.69) is 17.2 Å². The first kappa shape index (κ1) is 15.9. The second kappa shape index (κ2) is 6.27. The van der Waals surface area contributed by atoms with E-state index in [1.165, 1.54) is 7.11 Å². The lowest BCUT2D eigenvalue weighted by atomic mass is 9.95. The molecule has 0 aromatic heterocycles. The average molecular weight is 329 g/mol. The van der Waals surface area contributed by atoms with Crippen LogP contribution in [0.5, 0.6) is 11.5 Å². The van der Waals surface area contributed by atoms with Gasteiger partial charge in [-0.2, -0.15) is 0 Å². The fraction of sp³-hybridized carbons (Fsp3) is 0.294. The van der Waals surface area contributed by atoms with Crippen molar-refractivity contribution in [1.29, 1.82) is 0 Å². The third-order valence-corrected chi connectivity index (χ3v) is 4.11. The summed E-state index contributed by atoms with van der Waals surface area (Å²) in [7, 11) is 3.07. The molecular weight excluding hydrogens is 310 g/mol.